The Morgan fingerprint density at radius 2 is 2.19 bits per heavy atom. The van der Waals surface area contributed by atoms with Crippen LogP contribution in [-0.4, -0.2) is 44.8 Å². The van der Waals surface area contributed by atoms with Crippen LogP contribution in [0.2, 0.25) is 0 Å². The summed E-state index contributed by atoms with van der Waals surface area (Å²) in [5.74, 6) is 0.887. The number of aromatic nitrogens is 3. The van der Waals surface area contributed by atoms with Crippen molar-refractivity contribution in [3.8, 4) is 5.75 Å². The summed E-state index contributed by atoms with van der Waals surface area (Å²) in [7, 11) is 0. The zero-order valence-corrected chi connectivity index (χ0v) is 11.8. The van der Waals surface area contributed by atoms with Gasteiger partial charge in [0.25, 0.3) is 0 Å². The molecule has 3 rings (SSSR count). The van der Waals surface area contributed by atoms with Crippen LogP contribution in [0, 0.1) is 0 Å². The van der Waals surface area contributed by atoms with Gasteiger partial charge in [-0.3, -0.25) is 14.5 Å². The second-order valence-electron chi connectivity index (χ2n) is 5.11. The molecule has 0 aromatic carbocycles. The molecule has 110 valence electrons. The minimum absolute atomic E-state index is 0.0442. The second kappa shape index (κ2) is 6.39. The molecular formula is C15H18N4O2. The Hall–Kier alpha value is -2.37. The first-order chi connectivity index (χ1) is 10.3. The monoisotopic (exact) mass is 286 g/mol. The van der Waals surface area contributed by atoms with E-state index >= 15 is 0 Å². The fourth-order valence-electron chi connectivity index (χ4n) is 2.50. The molecule has 1 atom stereocenters. The van der Waals surface area contributed by atoms with Crippen LogP contribution in [0.25, 0.3) is 0 Å². The van der Waals surface area contributed by atoms with Gasteiger partial charge in [-0.1, -0.05) is 0 Å². The number of pyridine rings is 1. The smallest absolute Gasteiger partial charge is 0.244 e. The zero-order valence-electron chi connectivity index (χ0n) is 11.8. The first-order valence-electron chi connectivity index (χ1n) is 7.13. The number of nitrogens with zero attached hydrogens (tertiary/aromatic N) is 4. The molecule has 1 aliphatic rings. The second-order valence-corrected chi connectivity index (χ2v) is 5.11. The summed E-state index contributed by atoms with van der Waals surface area (Å²) in [6.45, 7) is 1.70. The highest BCUT2D eigenvalue weighted by Crippen LogP contribution is 2.17. The van der Waals surface area contributed by atoms with Crippen LogP contribution < -0.4 is 4.74 Å². The van der Waals surface area contributed by atoms with Gasteiger partial charge in [0.1, 0.15) is 18.4 Å². The van der Waals surface area contributed by atoms with E-state index in [0.29, 0.717) is 6.54 Å². The predicted molar refractivity (Wildman–Crippen MR) is 76.7 cm³/mol. The number of ether oxygens (including phenoxy) is 1. The molecule has 1 saturated heterocycles. The van der Waals surface area contributed by atoms with Crippen molar-refractivity contribution in [2.45, 2.75) is 25.5 Å². The molecule has 6 nitrogen and oxygen atoms in total. The van der Waals surface area contributed by atoms with Gasteiger partial charge in [-0.15, -0.1) is 0 Å². The molecule has 2 aromatic heterocycles. The van der Waals surface area contributed by atoms with E-state index in [1.807, 2.05) is 23.1 Å². The van der Waals surface area contributed by atoms with Crippen LogP contribution >= 0.6 is 0 Å². The standard InChI is InChI=1S/C15H18N4O2/c20-15(12-19-10-2-6-17-19)18-9-1-3-14(11-18)21-13-4-7-16-8-5-13/h2,4-8,10,14H,1,3,9,11-12H2. The van der Waals surface area contributed by atoms with Gasteiger partial charge in [-0.05, 0) is 31.0 Å². The van der Waals surface area contributed by atoms with E-state index in [2.05, 4.69) is 10.1 Å². The summed E-state index contributed by atoms with van der Waals surface area (Å²) in [4.78, 5) is 18.1. The van der Waals surface area contributed by atoms with Crippen molar-refractivity contribution in [1.29, 1.82) is 0 Å². The average molecular weight is 286 g/mol. The highest BCUT2D eigenvalue weighted by atomic mass is 16.5. The van der Waals surface area contributed by atoms with Crippen LogP contribution in [0.3, 0.4) is 0 Å². The molecule has 0 bridgehead atoms. The number of likely N-dealkylation sites (tertiary alicyclic amines) is 1. The SMILES string of the molecule is O=C(Cn1cccn1)N1CCCC(Oc2ccncc2)C1. The van der Waals surface area contributed by atoms with Gasteiger partial charge in [0.2, 0.25) is 5.91 Å². The number of hydrogen-bond acceptors (Lipinski definition) is 4. The molecule has 0 aliphatic carbocycles. The third-order valence-corrected chi connectivity index (χ3v) is 3.54. The number of amides is 1. The summed E-state index contributed by atoms with van der Waals surface area (Å²) >= 11 is 0. The van der Waals surface area contributed by atoms with Crippen molar-refractivity contribution >= 4 is 5.91 Å². The fraction of sp³-hybridized carbons (Fsp3) is 0.400. The van der Waals surface area contributed by atoms with Crippen LogP contribution in [0.5, 0.6) is 5.75 Å². The van der Waals surface area contributed by atoms with E-state index in [0.717, 1.165) is 25.1 Å². The maximum atomic E-state index is 12.3. The lowest BCUT2D eigenvalue weighted by molar-refractivity contribution is -0.134. The Balaban J connectivity index is 1.56. The quantitative estimate of drug-likeness (QED) is 0.851. The summed E-state index contributed by atoms with van der Waals surface area (Å²) in [5.41, 5.74) is 0. The van der Waals surface area contributed by atoms with Gasteiger partial charge in [0.15, 0.2) is 0 Å². The molecule has 0 N–H and O–H groups in total. The molecule has 3 heterocycles. The summed E-state index contributed by atoms with van der Waals surface area (Å²) in [5, 5.41) is 4.07. The van der Waals surface area contributed by atoms with Crippen LogP contribution in [0.1, 0.15) is 12.8 Å². The van der Waals surface area contributed by atoms with E-state index in [4.69, 9.17) is 4.74 Å². The van der Waals surface area contributed by atoms with Crippen LogP contribution in [-0.2, 0) is 11.3 Å². The van der Waals surface area contributed by atoms with Crippen LogP contribution in [0.15, 0.2) is 43.0 Å². The van der Waals surface area contributed by atoms with Crippen molar-refractivity contribution in [2.24, 2.45) is 0 Å². The normalized spacial score (nSPS) is 18.5. The van der Waals surface area contributed by atoms with Gasteiger partial charge >= 0.3 is 0 Å². The average Bonchev–Trinajstić information content (AvgIpc) is 3.01. The highest BCUT2D eigenvalue weighted by molar-refractivity contribution is 5.76. The van der Waals surface area contributed by atoms with Gasteiger partial charge in [-0.25, -0.2) is 0 Å². The third-order valence-electron chi connectivity index (χ3n) is 3.54. The number of carbonyl (C=O) groups is 1. The van der Waals surface area contributed by atoms with Crippen molar-refractivity contribution in [3.63, 3.8) is 0 Å². The lowest BCUT2D eigenvalue weighted by Gasteiger charge is -2.32. The molecule has 1 fully saturated rings. The Bertz CT molecular complexity index is 571. The third kappa shape index (κ3) is 3.59. The van der Waals surface area contributed by atoms with E-state index < -0.39 is 0 Å². The minimum Gasteiger partial charge on any atom is -0.488 e. The molecule has 0 radical (unpaired) electrons. The lowest BCUT2D eigenvalue weighted by Crippen LogP contribution is -2.45. The summed E-state index contributed by atoms with van der Waals surface area (Å²) in [6, 6.07) is 5.49. The first-order valence-corrected chi connectivity index (χ1v) is 7.13. The fourth-order valence-corrected chi connectivity index (χ4v) is 2.50. The molecular weight excluding hydrogens is 268 g/mol. The van der Waals surface area contributed by atoms with Crippen molar-refractivity contribution < 1.29 is 9.53 Å². The Morgan fingerprint density at radius 1 is 1.33 bits per heavy atom. The minimum atomic E-state index is 0.0442. The Labute approximate surface area is 123 Å². The van der Waals surface area contributed by atoms with E-state index in [-0.39, 0.29) is 18.6 Å². The maximum absolute atomic E-state index is 12.3. The van der Waals surface area contributed by atoms with Gasteiger partial charge in [-0.2, -0.15) is 5.10 Å². The Kier molecular flexibility index (Phi) is 4.14. The molecule has 6 heteroatoms. The predicted octanol–water partition coefficient (Wildman–Crippen LogP) is 1.35. The summed E-state index contributed by atoms with van der Waals surface area (Å²) in [6.07, 6.45) is 8.86. The largest absolute Gasteiger partial charge is 0.488 e. The lowest BCUT2D eigenvalue weighted by atomic mass is 10.1. The number of carbonyl (C=O) groups excluding carboxylic acids is 1. The molecule has 2 aromatic rings. The van der Waals surface area contributed by atoms with E-state index in [1.165, 1.54) is 0 Å². The van der Waals surface area contributed by atoms with Crippen molar-refractivity contribution in [1.82, 2.24) is 19.7 Å². The molecule has 1 amide bonds. The number of piperidine rings is 1. The van der Waals surface area contributed by atoms with Crippen molar-refractivity contribution in [2.75, 3.05) is 13.1 Å². The van der Waals surface area contributed by atoms with Crippen LogP contribution in [0.4, 0.5) is 0 Å². The topological polar surface area (TPSA) is 60.2 Å². The molecule has 0 spiro atoms. The zero-order chi connectivity index (χ0) is 14.5. The molecule has 21 heavy (non-hydrogen) atoms. The van der Waals surface area contributed by atoms with Gasteiger partial charge < -0.3 is 9.64 Å². The van der Waals surface area contributed by atoms with Crippen molar-refractivity contribution in [3.05, 3.63) is 43.0 Å². The molecule has 1 unspecified atom stereocenters. The first kappa shape index (κ1) is 13.6. The van der Waals surface area contributed by atoms with E-state index in [1.54, 1.807) is 29.5 Å². The molecule has 0 saturated carbocycles. The highest BCUT2D eigenvalue weighted by Gasteiger charge is 2.25. The molecule has 1 aliphatic heterocycles. The van der Waals surface area contributed by atoms with Gasteiger partial charge in [0.05, 0.1) is 6.54 Å². The Morgan fingerprint density at radius 3 is 2.95 bits per heavy atom. The van der Waals surface area contributed by atoms with Gasteiger partial charge in [0, 0.05) is 31.3 Å². The summed E-state index contributed by atoms with van der Waals surface area (Å²) < 4.78 is 7.56. The number of hydrogen-bond donors (Lipinski definition) is 0. The van der Waals surface area contributed by atoms with E-state index in [9.17, 15) is 4.79 Å². The maximum Gasteiger partial charge on any atom is 0.244 e. The number of rotatable bonds is 4.